The lowest BCUT2D eigenvalue weighted by Gasteiger charge is -2.18. The number of thiol groups is 1. The van der Waals surface area contributed by atoms with Crippen LogP contribution in [0.25, 0.3) is 0 Å². The minimum Gasteiger partial charge on any atom is -0.478 e. The van der Waals surface area contributed by atoms with E-state index in [9.17, 15) is 13.2 Å². The van der Waals surface area contributed by atoms with Crippen molar-refractivity contribution >= 4 is 39.8 Å². The molecule has 0 saturated carbocycles. The van der Waals surface area contributed by atoms with Crippen molar-refractivity contribution in [2.45, 2.75) is 0 Å². The van der Waals surface area contributed by atoms with Gasteiger partial charge in [0.15, 0.2) is 0 Å². The van der Waals surface area contributed by atoms with Crippen LogP contribution in [0.15, 0.2) is 48.5 Å². The lowest BCUT2D eigenvalue weighted by Crippen LogP contribution is -2.15. The molecule has 0 amide bonds. The molecule has 0 aliphatic carbocycles. The molecule has 0 aliphatic heterocycles. The summed E-state index contributed by atoms with van der Waals surface area (Å²) in [5.41, 5.74) is 0.589. The first-order valence-corrected chi connectivity index (χ1v) is 7.03. The smallest absolute Gasteiger partial charge is 0.335 e. The van der Waals surface area contributed by atoms with E-state index in [4.69, 9.17) is 16.7 Å². The van der Waals surface area contributed by atoms with Gasteiger partial charge < -0.3 is 5.11 Å². The molecule has 0 unspecified atom stereocenters. The normalized spacial score (nSPS) is 10.5. The van der Waals surface area contributed by atoms with Gasteiger partial charge in [0.2, 0.25) is 10.9 Å². The molecule has 104 valence electrons. The third kappa shape index (κ3) is 3.09. The Hall–Kier alpha value is -2.05. The number of carboxylic acids is 1. The summed E-state index contributed by atoms with van der Waals surface area (Å²) in [5.74, 6) is -1.13. The zero-order valence-corrected chi connectivity index (χ0v) is 11.7. The van der Waals surface area contributed by atoms with Crippen molar-refractivity contribution in [3.63, 3.8) is 0 Å². The van der Waals surface area contributed by atoms with E-state index < -0.39 is 16.9 Å². The number of hydrogen-bond acceptors (Lipinski definition) is 3. The molecular weight excluding hydrogens is 302 g/mol. The van der Waals surface area contributed by atoms with Gasteiger partial charge in [0.1, 0.15) is 0 Å². The van der Waals surface area contributed by atoms with Crippen molar-refractivity contribution in [3.8, 4) is 0 Å². The van der Waals surface area contributed by atoms with Gasteiger partial charge in [-0.25, -0.2) is 17.5 Å². The van der Waals surface area contributed by atoms with Crippen LogP contribution in [0.1, 0.15) is 10.4 Å². The van der Waals surface area contributed by atoms with E-state index in [0.29, 0.717) is 10.7 Å². The highest BCUT2D eigenvalue weighted by molar-refractivity contribution is 7.74. The molecule has 2 aromatic carbocycles. The zero-order valence-electron chi connectivity index (χ0n) is 10.1. The molecule has 5 nitrogen and oxygen atoms in total. The SMILES string of the molecule is O=C(O)c1cccc(N(c2cccc(Cl)c2)[SH](=O)=O)c1. The number of hydrogen-bond donors (Lipinski definition) is 2. The Morgan fingerprint density at radius 3 is 2.20 bits per heavy atom. The zero-order chi connectivity index (χ0) is 14.7. The predicted octanol–water partition coefficient (Wildman–Crippen LogP) is 2.70. The molecule has 1 N–H and O–H groups in total. The van der Waals surface area contributed by atoms with Gasteiger partial charge in [0.25, 0.3) is 0 Å². The van der Waals surface area contributed by atoms with Crippen LogP contribution >= 0.6 is 11.6 Å². The van der Waals surface area contributed by atoms with Crippen LogP contribution in [-0.2, 0) is 10.9 Å². The second-order valence-electron chi connectivity index (χ2n) is 3.88. The summed E-state index contributed by atoms with van der Waals surface area (Å²) < 4.78 is 23.9. The molecule has 0 fully saturated rings. The summed E-state index contributed by atoms with van der Waals surface area (Å²) in [5, 5.41) is 9.34. The molecule has 0 spiro atoms. The summed E-state index contributed by atoms with van der Waals surface area (Å²) in [6.45, 7) is 0. The second kappa shape index (κ2) is 5.94. The highest BCUT2D eigenvalue weighted by Crippen LogP contribution is 2.28. The van der Waals surface area contributed by atoms with Crippen molar-refractivity contribution < 1.29 is 18.3 Å². The fourth-order valence-electron chi connectivity index (χ4n) is 1.72. The molecular formula is C13H10ClNO4S. The van der Waals surface area contributed by atoms with E-state index in [0.717, 1.165) is 4.31 Å². The van der Waals surface area contributed by atoms with Gasteiger partial charge in [-0.05, 0) is 36.4 Å². The average Bonchev–Trinajstić information content (AvgIpc) is 2.39. The Bertz CT molecular complexity index is 722. The first kappa shape index (κ1) is 14.4. The van der Waals surface area contributed by atoms with Crippen molar-refractivity contribution in [2.75, 3.05) is 4.31 Å². The summed E-state index contributed by atoms with van der Waals surface area (Å²) in [7, 11) is -2.98. The Morgan fingerprint density at radius 2 is 1.65 bits per heavy atom. The van der Waals surface area contributed by atoms with E-state index in [2.05, 4.69) is 0 Å². The maximum atomic E-state index is 11.5. The first-order valence-electron chi connectivity index (χ1n) is 5.52. The quantitative estimate of drug-likeness (QED) is 0.851. The van der Waals surface area contributed by atoms with E-state index >= 15 is 0 Å². The Kier molecular flexibility index (Phi) is 4.26. The van der Waals surface area contributed by atoms with Crippen molar-refractivity contribution in [3.05, 3.63) is 59.1 Å². The highest BCUT2D eigenvalue weighted by atomic mass is 35.5. The third-order valence-electron chi connectivity index (χ3n) is 2.55. The maximum absolute atomic E-state index is 11.5. The van der Waals surface area contributed by atoms with Gasteiger partial charge in [-0.2, -0.15) is 0 Å². The van der Waals surface area contributed by atoms with Crippen LogP contribution in [-0.4, -0.2) is 19.5 Å². The number of nitrogens with zero attached hydrogens (tertiary/aromatic N) is 1. The standard InChI is InChI=1S/C13H10ClNO4S/c14-10-4-2-6-12(8-10)15(20(18)19)11-5-1-3-9(7-11)13(16)17/h1-8,20H,(H,16,17). The van der Waals surface area contributed by atoms with Crippen LogP contribution in [0, 0.1) is 0 Å². The van der Waals surface area contributed by atoms with Gasteiger partial charge in [0.05, 0.1) is 16.9 Å². The lowest BCUT2D eigenvalue weighted by molar-refractivity contribution is 0.0697. The summed E-state index contributed by atoms with van der Waals surface area (Å²) >= 11 is 5.85. The minimum atomic E-state index is -2.98. The molecule has 0 radical (unpaired) electrons. The van der Waals surface area contributed by atoms with Crippen LogP contribution < -0.4 is 4.31 Å². The number of aromatic carboxylic acids is 1. The monoisotopic (exact) mass is 311 g/mol. The van der Waals surface area contributed by atoms with Crippen LogP contribution in [0.3, 0.4) is 0 Å². The van der Waals surface area contributed by atoms with Gasteiger partial charge in [-0.15, -0.1) is 0 Å². The minimum absolute atomic E-state index is 0.00591. The lowest BCUT2D eigenvalue weighted by atomic mass is 10.2. The molecule has 0 aliphatic rings. The van der Waals surface area contributed by atoms with Gasteiger partial charge >= 0.3 is 5.97 Å². The fourth-order valence-corrected chi connectivity index (χ4v) is 2.53. The van der Waals surface area contributed by atoms with E-state index in [1.165, 1.54) is 30.3 Å². The number of halogens is 1. The average molecular weight is 312 g/mol. The number of anilines is 2. The predicted molar refractivity (Wildman–Crippen MR) is 77.3 cm³/mol. The number of benzene rings is 2. The third-order valence-corrected chi connectivity index (χ3v) is 3.58. The fraction of sp³-hybridized carbons (Fsp3) is 0. The van der Waals surface area contributed by atoms with Gasteiger partial charge in [-0.1, -0.05) is 23.7 Å². The van der Waals surface area contributed by atoms with Gasteiger partial charge in [-0.3, -0.25) is 0 Å². The Balaban J connectivity index is 2.54. The molecule has 0 saturated heterocycles. The number of carboxylic acid groups (broad SMARTS) is 1. The Labute approximate surface area is 122 Å². The maximum Gasteiger partial charge on any atom is 0.335 e. The van der Waals surface area contributed by atoms with Crippen LogP contribution in [0.4, 0.5) is 11.4 Å². The van der Waals surface area contributed by atoms with E-state index in [1.54, 1.807) is 18.2 Å². The van der Waals surface area contributed by atoms with Crippen molar-refractivity contribution in [1.29, 1.82) is 0 Å². The van der Waals surface area contributed by atoms with Crippen LogP contribution in [0.2, 0.25) is 5.02 Å². The summed E-state index contributed by atoms with van der Waals surface area (Å²) in [4.78, 5) is 10.9. The molecule has 7 heteroatoms. The summed E-state index contributed by atoms with van der Waals surface area (Å²) in [6.07, 6.45) is 0. The number of rotatable bonds is 4. The van der Waals surface area contributed by atoms with Crippen LogP contribution in [0.5, 0.6) is 0 Å². The molecule has 2 aromatic rings. The highest BCUT2D eigenvalue weighted by Gasteiger charge is 2.14. The molecule has 0 bridgehead atoms. The van der Waals surface area contributed by atoms with Crippen molar-refractivity contribution in [2.24, 2.45) is 0 Å². The molecule has 0 atom stereocenters. The van der Waals surface area contributed by atoms with E-state index in [1.807, 2.05) is 0 Å². The molecule has 0 aromatic heterocycles. The Morgan fingerprint density at radius 1 is 1.05 bits per heavy atom. The number of carbonyl (C=O) groups is 1. The molecule has 20 heavy (non-hydrogen) atoms. The first-order chi connectivity index (χ1) is 9.49. The molecule has 2 rings (SSSR count). The largest absolute Gasteiger partial charge is 0.478 e. The molecule has 0 heterocycles. The van der Waals surface area contributed by atoms with Gasteiger partial charge in [0, 0.05) is 5.02 Å². The topological polar surface area (TPSA) is 74.7 Å². The van der Waals surface area contributed by atoms with E-state index in [-0.39, 0.29) is 11.3 Å². The van der Waals surface area contributed by atoms with Crippen molar-refractivity contribution in [1.82, 2.24) is 0 Å². The second-order valence-corrected chi connectivity index (χ2v) is 5.20. The summed E-state index contributed by atoms with van der Waals surface area (Å²) in [6, 6.07) is 12.0.